The van der Waals surface area contributed by atoms with E-state index in [-0.39, 0.29) is 11.6 Å². The summed E-state index contributed by atoms with van der Waals surface area (Å²) >= 11 is 0. The normalized spacial score (nSPS) is 16.0. The molecule has 1 saturated heterocycles. The standard InChI is InChI=1S/C27H23FN2O2/c28-21-4-6-22(7-5-21)30-25-14-20-16-29-15-19(20)13-24(25)26(18-2-1-3-23(31)12-18)27(30)17-8-10-32-11-9-17/h1-7,12-14,16-17,31H,8-11,15H2. The lowest BCUT2D eigenvalue weighted by Crippen LogP contribution is -2.17. The number of benzene rings is 3. The molecule has 0 spiro atoms. The van der Waals surface area contributed by atoms with E-state index >= 15 is 0 Å². The number of ether oxygens (including phenoxy) is 1. The maximum Gasteiger partial charge on any atom is 0.123 e. The first kappa shape index (κ1) is 19.3. The van der Waals surface area contributed by atoms with E-state index in [0.717, 1.165) is 59.3 Å². The van der Waals surface area contributed by atoms with Crippen LogP contribution in [0.3, 0.4) is 0 Å². The highest BCUT2D eigenvalue weighted by atomic mass is 19.1. The van der Waals surface area contributed by atoms with Crippen molar-refractivity contribution in [2.45, 2.75) is 25.3 Å². The molecule has 0 radical (unpaired) electrons. The minimum atomic E-state index is -0.251. The molecular weight excluding hydrogens is 403 g/mol. The predicted octanol–water partition coefficient (Wildman–Crippen LogP) is 5.97. The van der Waals surface area contributed by atoms with Gasteiger partial charge in [-0.25, -0.2) is 4.39 Å². The molecule has 32 heavy (non-hydrogen) atoms. The Morgan fingerprint density at radius 1 is 1.00 bits per heavy atom. The van der Waals surface area contributed by atoms with Crippen LogP contribution in [0.4, 0.5) is 4.39 Å². The molecule has 3 heterocycles. The van der Waals surface area contributed by atoms with Crippen molar-refractivity contribution >= 4 is 17.1 Å². The highest BCUT2D eigenvalue weighted by Gasteiger charge is 2.28. The second-order valence-electron chi connectivity index (χ2n) is 8.55. The van der Waals surface area contributed by atoms with Gasteiger partial charge in [-0.3, -0.25) is 4.99 Å². The summed E-state index contributed by atoms with van der Waals surface area (Å²) in [6.45, 7) is 2.12. The average molecular weight is 426 g/mol. The summed E-state index contributed by atoms with van der Waals surface area (Å²) in [4.78, 5) is 4.46. The van der Waals surface area contributed by atoms with Crippen LogP contribution < -0.4 is 0 Å². The zero-order chi connectivity index (χ0) is 21.7. The molecule has 0 aliphatic carbocycles. The van der Waals surface area contributed by atoms with Crippen LogP contribution in [0.2, 0.25) is 0 Å². The summed E-state index contributed by atoms with van der Waals surface area (Å²) in [5.74, 6) is 0.286. The first-order valence-electron chi connectivity index (χ1n) is 11.0. The molecule has 4 nitrogen and oxygen atoms in total. The quantitative estimate of drug-likeness (QED) is 0.439. The first-order chi connectivity index (χ1) is 15.7. The predicted molar refractivity (Wildman–Crippen MR) is 124 cm³/mol. The molecule has 5 heteroatoms. The summed E-state index contributed by atoms with van der Waals surface area (Å²) in [7, 11) is 0. The maximum atomic E-state index is 13.8. The van der Waals surface area contributed by atoms with E-state index in [0.29, 0.717) is 12.5 Å². The van der Waals surface area contributed by atoms with Crippen LogP contribution in [0.15, 0.2) is 65.7 Å². The molecule has 2 aliphatic rings. The molecule has 0 bridgehead atoms. The molecule has 1 aromatic heterocycles. The molecule has 0 saturated carbocycles. The molecule has 0 atom stereocenters. The van der Waals surface area contributed by atoms with Crippen molar-refractivity contribution in [1.29, 1.82) is 0 Å². The van der Waals surface area contributed by atoms with Gasteiger partial charge in [0.1, 0.15) is 11.6 Å². The molecule has 1 N–H and O–H groups in total. The van der Waals surface area contributed by atoms with Gasteiger partial charge >= 0.3 is 0 Å². The Bertz CT molecular complexity index is 1350. The molecular formula is C27H23FN2O2. The average Bonchev–Trinajstić information content (AvgIpc) is 3.40. The van der Waals surface area contributed by atoms with Crippen molar-refractivity contribution in [1.82, 2.24) is 4.57 Å². The number of hydrogen-bond acceptors (Lipinski definition) is 3. The van der Waals surface area contributed by atoms with Gasteiger partial charge < -0.3 is 14.4 Å². The van der Waals surface area contributed by atoms with Gasteiger partial charge in [0.05, 0.1) is 12.1 Å². The van der Waals surface area contributed by atoms with Crippen molar-refractivity contribution < 1.29 is 14.2 Å². The molecule has 6 rings (SSSR count). The first-order valence-corrected chi connectivity index (χ1v) is 11.0. The van der Waals surface area contributed by atoms with Gasteiger partial charge in [0, 0.05) is 47.7 Å². The van der Waals surface area contributed by atoms with E-state index in [1.54, 1.807) is 6.07 Å². The van der Waals surface area contributed by atoms with E-state index in [4.69, 9.17) is 4.74 Å². The van der Waals surface area contributed by atoms with E-state index in [1.807, 2.05) is 30.5 Å². The third-order valence-corrected chi connectivity index (χ3v) is 6.58. The summed E-state index contributed by atoms with van der Waals surface area (Å²) in [6.07, 6.45) is 3.77. The van der Waals surface area contributed by atoms with Crippen LogP contribution in [-0.4, -0.2) is 29.1 Å². The fourth-order valence-electron chi connectivity index (χ4n) is 5.10. The number of halogens is 1. The number of rotatable bonds is 3. The van der Waals surface area contributed by atoms with Gasteiger partial charge in [-0.15, -0.1) is 0 Å². The number of aromatic hydroxyl groups is 1. The van der Waals surface area contributed by atoms with E-state index < -0.39 is 0 Å². The van der Waals surface area contributed by atoms with Gasteiger partial charge in [0.2, 0.25) is 0 Å². The zero-order valence-electron chi connectivity index (χ0n) is 17.6. The lowest BCUT2D eigenvalue weighted by atomic mass is 9.89. The maximum absolute atomic E-state index is 13.8. The van der Waals surface area contributed by atoms with Gasteiger partial charge in [0.15, 0.2) is 0 Å². The summed E-state index contributed by atoms with van der Waals surface area (Å²) in [6, 6.07) is 18.6. The summed E-state index contributed by atoms with van der Waals surface area (Å²) < 4.78 is 21.7. The number of nitrogens with zero attached hydrogens (tertiary/aromatic N) is 2. The third kappa shape index (κ3) is 3.12. The Morgan fingerprint density at radius 3 is 2.59 bits per heavy atom. The highest BCUT2D eigenvalue weighted by molar-refractivity contribution is 6.03. The topological polar surface area (TPSA) is 46.8 Å². The van der Waals surface area contributed by atoms with Crippen LogP contribution in [0.25, 0.3) is 27.7 Å². The Kier molecular flexibility index (Phi) is 4.58. The van der Waals surface area contributed by atoms with Crippen LogP contribution in [0, 0.1) is 5.82 Å². The molecule has 160 valence electrons. The number of phenolic OH excluding ortho intramolecular Hbond substituents is 1. The monoisotopic (exact) mass is 426 g/mol. The largest absolute Gasteiger partial charge is 0.508 e. The van der Waals surface area contributed by atoms with Crippen molar-refractivity contribution in [2.75, 3.05) is 13.2 Å². The van der Waals surface area contributed by atoms with Crippen molar-refractivity contribution in [3.63, 3.8) is 0 Å². The van der Waals surface area contributed by atoms with Gasteiger partial charge in [-0.05, 0) is 78.1 Å². The van der Waals surface area contributed by atoms with Crippen LogP contribution >= 0.6 is 0 Å². The Morgan fingerprint density at radius 2 is 1.81 bits per heavy atom. The lowest BCUT2D eigenvalue weighted by Gasteiger charge is -2.26. The number of phenols is 1. The molecule has 4 aromatic rings. The summed E-state index contributed by atoms with van der Waals surface area (Å²) in [5.41, 5.74) is 7.63. The highest BCUT2D eigenvalue weighted by Crippen LogP contribution is 2.45. The fraction of sp³-hybridized carbons (Fsp3) is 0.222. The van der Waals surface area contributed by atoms with Gasteiger partial charge in [0.25, 0.3) is 0 Å². The SMILES string of the molecule is Oc1cccc(-c2c(C3CCOCC3)n(-c3ccc(F)cc3)c3cc4c(cc23)CN=C4)c1. The van der Waals surface area contributed by atoms with E-state index in [9.17, 15) is 9.50 Å². The molecule has 0 unspecified atom stereocenters. The Balaban J connectivity index is 1.73. The van der Waals surface area contributed by atoms with Crippen LogP contribution in [0.1, 0.15) is 35.6 Å². The summed E-state index contributed by atoms with van der Waals surface area (Å²) in [5, 5.41) is 11.4. The second-order valence-corrected chi connectivity index (χ2v) is 8.55. The van der Waals surface area contributed by atoms with Crippen LogP contribution in [0.5, 0.6) is 5.75 Å². The molecule has 2 aliphatic heterocycles. The van der Waals surface area contributed by atoms with E-state index in [2.05, 4.69) is 27.8 Å². The fourth-order valence-corrected chi connectivity index (χ4v) is 5.10. The number of aliphatic imine (C=N–C) groups is 1. The molecule has 0 amide bonds. The van der Waals surface area contributed by atoms with Crippen molar-refractivity contribution in [3.05, 3.63) is 83.3 Å². The minimum Gasteiger partial charge on any atom is -0.508 e. The second kappa shape index (κ2) is 7.61. The third-order valence-electron chi connectivity index (χ3n) is 6.58. The van der Waals surface area contributed by atoms with E-state index in [1.165, 1.54) is 23.4 Å². The van der Waals surface area contributed by atoms with Crippen molar-refractivity contribution in [3.8, 4) is 22.6 Å². The molecule has 1 fully saturated rings. The van der Waals surface area contributed by atoms with Crippen LogP contribution in [-0.2, 0) is 11.3 Å². The lowest BCUT2D eigenvalue weighted by molar-refractivity contribution is 0.0843. The number of aromatic nitrogens is 1. The zero-order valence-corrected chi connectivity index (χ0v) is 17.6. The van der Waals surface area contributed by atoms with Gasteiger partial charge in [-0.1, -0.05) is 12.1 Å². The Labute approximate surface area is 185 Å². The number of hydrogen-bond donors (Lipinski definition) is 1. The smallest absolute Gasteiger partial charge is 0.123 e. The van der Waals surface area contributed by atoms with Gasteiger partial charge in [-0.2, -0.15) is 0 Å². The molecule has 3 aromatic carbocycles. The Hall–Kier alpha value is -3.44. The number of fused-ring (bicyclic) bond motifs is 2. The minimum absolute atomic E-state index is 0.243. The van der Waals surface area contributed by atoms with Crippen molar-refractivity contribution in [2.24, 2.45) is 4.99 Å².